The molecule has 142 valence electrons. The first kappa shape index (κ1) is 18.4. The number of hydrogen-bond acceptors (Lipinski definition) is 0. The van der Waals surface area contributed by atoms with Crippen LogP contribution in [0.3, 0.4) is 0 Å². The monoisotopic (exact) mass is 455 g/mol. The van der Waals surface area contributed by atoms with Gasteiger partial charge in [-0.25, -0.2) is 0 Å². The minimum absolute atomic E-state index is 1.13. The summed E-state index contributed by atoms with van der Waals surface area (Å²) in [5, 5.41) is 5.50. The van der Waals surface area contributed by atoms with Crippen molar-refractivity contribution < 1.29 is 0 Å². The molecule has 0 aliphatic heterocycles. The molecule has 0 fully saturated rings. The minimum atomic E-state index is -1.72. The quantitative estimate of drug-likeness (QED) is 0.278. The number of aromatic nitrogens is 1. The van der Waals surface area contributed by atoms with E-state index < -0.39 is 8.07 Å². The average Bonchev–Trinajstić information content (AvgIpc) is 3.09. The third-order valence-electron chi connectivity index (χ3n) is 5.99. The average molecular weight is 456 g/mol. The van der Waals surface area contributed by atoms with Gasteiger partial charge in [-0.3, -0.25) is 0 Å². The zero-order chi connectivity index (χ0) is 20.0. The topological polar surface area (TPSA) is 4.93 Å². The maximum Gasteiger partial charge on any atom is 0.112 e. The Hall–Kier alpha value is -2.62. The van der Waals surface area contributed by atoms with Crippen molar-refractivity contribution in [3.63, 3.8) is 0 Å². The first-order valence-electron chi connectivity index (χ1n) is 9.91. The molecule has 5 rings (SSSR count). The van der Waals surface area contributed by atoms with Gasteiger partial charge in [-0.15, -0.1) is 0 Å². The van der Waals surface area contributed by atoms with Crippen LogP contribution in [-0.4, -0.2) is 12.6 Å². The molecule has 0 radical (unpaired) electrons. The standard InChI is InChI=1S/C26H22BrNSi/c1-29(2,21-15-11-19(27)12-16-21)22-17-13-20(14-18-22)28-25-9-5-3-7-23(25)24-8-4-6-10-26(24)28/h3-18H,1-2H3. The molecule has 1 heterocycles. The van der Waals surface area contributed by atoms with E-state index in [0.717, 1.165) is 4.47 Å². The Morgan fingerprint density at radius 1 is 0.586 bits per heavy atom. The molecule has 0 amide bonds. The molecule has 0 spiro atoms. The Labute approximate surface area is 180 Å². The van der Waals surface area contributed by atoms with E-state index in [1.165, 1.54) is 37.9 Å². The summed E-state index contributed by atoms with van der Waals surface area (Å²) in [6.45, 7) is 4.84. The van der Waals surface area contributed by atoms with Crippen LogP contribution < -0.4 is 10.4 Å². The summed E-state index contributed by atoms with van der Waals surface area (Å²) in [6, 6.07) is 35.4. The van der Waals surface area contributed by atoms with E-state index in [1.54, 1.807) is 0 Å². The number of para-hydroxylation sites is 2. The highest BCUT2D eigenvalue weighted by Crippen LogP contribution is 2.31. The van der Waals surface area contributed by atoms with Crippen LogP contribution in [0.5, 0.6) is 0 Å². The molecule has 0 N–H and O–H groups in total. The third-order valence-corrected chi connectivity index (χ3v) is 10.1. The highest BCUT2D eigenvalue weighted by atomic mass is 79.9. The molecule has 1 nitrogen and oxygen atoms in total. The van der Waals surface area contributed by atoms with Gasteiger partial charge in [0.1, 0.15) is 8.07 Å². The van der Waals surface area contributed by atoms with Gasteiger partial charge in [0.15, 0.2) is 0 Å². The van der Waals surface area contributed by atoms with Crippen molar-refractivity contribution in [2.45, 2.75) is 13.1 Å². The Morgan fingerprint density at radius 2 is 1.03 bits per heavy atom. The van der Waals surface area contributed by atoms with Gasteiger partial charge in [0.25, 0.3) is 0 Å². The third kappa shape index (κ3) is 3.05. The summed E-state index contributed by atoms with van der Waals surface area (Å²) in [4.78, 5) is 0. The molecular weight excluding hydrogens is 434 g/mol. The molecule has 0 saturated carbocycles. The van der Waals surface area contributed by atoms with Crippen molar-refractivity contribution in [2.24, 2.45) is 0 Å². The molecule has 0 saturated heterocycles. The molecule has 4 aromatic carbocycles. The van der Waals surface area contributed by atoms with Crippen molar-refractivity contribution in [1.82, 2.24) is 4.57 Å². The predicted molar refractivity (Wildman–Crippen MR) is 132 cm³/mol. The highest BCUT2D eigenvalue weighted by Gasteiger charge is 2.26. The predicted octanol–water partition coefficient (Wildman–Crippen LogP) is 6.37. The van der Waals surface area contributed by atoms with Crippen molar-refractivity contribution in [2.75, 3.05) is 0 Å². The second-order valence-electron chi connectivity index (χ2n) is 8.05. The number of halogens is 1. The van der Waals surface area contributed by atoms with E-state index in [2.05, 4.69) is 131 Å². The fourth-order valence-electron chi connectivity index (χ4n) is 4.26. The van der Waals surface area contributed by atoms with Gasteiger partial charge in [-0.1, -0.05) is 100 Å². The fourth-order valence-corrected chi connectivity index (χ4v) is 6.86. The summed E-state index contributed by atoms with van der Waals surface area (Å²) in [6.07, 6.45) is 0. The first-order valence-corrected chi connectivity index (χ1v) is 13.7. The number of rotatable bonds is 3. The lowest BCUT2D eigenvalue weighted by molar-refractivity contribution is 1.18. The lowest BCUT2D eigenvalue weighted by Gasteiger charge is -2.24. The van der Waals surface area contributed by atoms with E-state index in [-0.39, 0.29) is 0 Å². The molecule has 0 aliphatic rings. The van der Waals surface area contributed by atoms with Crippen molar-refractivity contribution in [3.8, 4) is 5.69 Å². The van der Waals surface area contributed by atoms with Crippen LogP contribution in [0.4, 0.5) is 0 Å². The molecule has 5 aromatic rings. The van der Waals surface area contributed by atoms with Crippen molar-refractivity contribution >= 4 is 56.2 Å². The van der Waals surface area contributed by atoms with Gasteiger partial charge in [0.2, 0.25) is 0 Å². The van der Waals surface area contributed by atoms with Gasteiger partial charge in [0.05, 0.1) is 11.0 Å². The van der Waals surface area contributed by atoms with E-state index >= 15 is 0 Å². The van der Waals surface area contributed by atoms with Gasteiger partial charge < -0.3 is 4.57 Å². The molecule has 29 heavy (non-hydrogen) atoms. The van der Waals surface area contributed by atoms with Crippen LogP contribution in [-0.2, 0) is 0 Å². The second kappa shape index (κ2) is 7.01. The van der Waals surface area contributed by atoms with Crippen LogP contribution in [0.15, 0.2) is 102 Å². The number of nitrogens with zero attached hydrogens (tertiary/aromatic N) is 1. The van der Waals surface area contributed by atoms with Crippen LogP contribution >= 0.6 is 15.9 Å². The van der Waals surface area contributed by atoms with Crippen LogP contribution in [0, 0.1) is 0 Å². The van der Waals surface area contributed by atoms with E-state index in [4.69, 9.17) is 0 Å². The van der Waals surface area contributed by atoms with Gasteiger partial charge >= 0.3 is 0 Å². The maximum atomic E-state index is 3.55. The summed E-state index contributed by atoms with van der Waals surface area (Å²) in [7, 11) is -1.72. The summed E-state index contributed by atoms with van der Waals surface area (Å²) < 4.78 is 3.51. The molecule has 0 unspecified atom stereocenters. The largest absolute Gasteiger partial charge is 0.309 e. The normalized spacial score (nSPS) is 12.0. The lowest BCUT2D eigenvalue weighted by atomic mass is 10.2. The molecule has 0 atom stereocenters. The molecule has 0 bridgehead atoms. The maximum absolute atomic E-state index is 3.55. The summed E-state index contributed by atoms with van der Waals surface area (Å²) >= 11 is 3.55. The SMILES string of the molecule is C[Si](C)(c1ccc(Br)cc1)c1ccc(-n2c3ccccc3c3ccccc32)cc1. The zero-order valence-corrected chi connectivity index (χ0v) is 19.1. The molecule has 3 heteroatoms. The zero-order valence-electron chi connectivity index (χ0n) is 16.6. The second-order valence-corrected chi connectivity index (χ2v) is 13.4. The van der Waals surface area contributed by atoms with E-state index in [0.29, 0.717) is 0 Å². The van der Waals surface area contributed by atoms with Crippen molar-refractivity contribution in [3.05, 3.63) is 102 Å². The number of benzene rings is 4. The van der Waals surface area contributed by atoms with Gasteiger partial charge in [-0.05, 0) is 36.4 Å². The van der Waals surface area contributed by atoms with Gasteiger partial charge in [0, 0.05) is 20.9 Å². The van der Waals surface area contributed by atoms with Gasteiger partial charge in [-0.2, -0.15) is 0 Å². The first-order chi connectivity index (χ1) is 14.1. The Balaban J connectivity index is 1.63. The minimum Gasteiger partial charge on any atom is -0.309 e. The van der Waals surface area contributed by atoms with Crippen LogP contribution in [0.25, 0.3) is 27.5 Å². The summed E-state index contributed by atoms with van der Waals surface area (Å²) in [5.41, 5.74) is 3.73. The van der Waals surface area contributed by atoms with E-state index in [9.17, 15) is 0 Å². The number of hydrogen-bond donors (Lipinski definition) is 0. The lowest BCUT2D eigenvalue weighted by Crippen LogP contribution is -2.52. The fraction of sp³-hybridized carbons (Fsp3) is 0.0769. The Morgan fingerprint density at radius 3 is 1.55 bits per heavy atom. The Bertz CT molecular complexity index is 1260. The molecular formula is C26H22BrNSi. The Kier molecular flexibility index (Phi) is 4.45. The molecule has 1 aromatic heterocycles. The number of fused-ring (bicyclic) bond motifs is 3. The van der Waals surface area contributed by atoms with Crippen LogP contribution in [0.2, 0.25) is 13.1 Å². The molecule has 0 aliphatic carbocycles. The van der Waals surface area contributed by atoms with E-state index in [1.807, 2.05) is 0 Å². The summed E-state index contributed by atoms with van der Waals surface area (Å²) in [5.74, 6) is 0. The van der Waals surface area contributed by atoms with Crippen LogP contribution in [0.1, 0.15) is 0 Å². The smallest absolute Gasteiger partial charge is 0.112 e. The highest BCUT2D eigenvalue weighted by molar-refractivity contribution is 9.10. The van der Waals surface area contributed by atoms with Crippen molar-refractivity contribution in [1.29, 1.82) is 0 Å².